The summed E-state index contributed by atoms with van der Waals surface area (Å²) in [5.74, 6) is -0.103. The monoisotopic (exact) mass is 275 g/mol. The van der Waals surface area contributed by atoms with Crippen molar-refractivity contribution < 1.29 is 9.90 Å². The molecule has 17 heavy (non-hydrogen) atoms. The van der Waals surface area contributed by atoms with Gasteiger partial charge in [0.2, 0.25) is 0 Å². The largest absolute Gasteiger partial charge is 0.507 e. The van der Waals surface area contributed by atoms with Crippen molar-refractivity contribution in [3.05, 3.63) is 28.8 Å². The van der Waals surface area contributed by atoms with E-state index in [0.29, 0.717) is 10.9 Å². The van der Waals surface area contributed by atoms with Crippen molar-refractivity contribution in [2.45, 2.75) is 19.4 Å². The average Bonchev–Trinajstić information content (AvgIpc) is 2.27. The smallest absolute Gasteiger partial charge is 0.257 e. The SMILES string of the molecule is CN(C(=O)c1ccc(Cl)cc1O)C(C)(C)CCl. The lowest BCUT2D eigenvalue weighted by molar-refractivity contribution is 0.0657. The first kappa shape index (κ1) is 14.1. The number of amides is 1. The standard InChI is InChI=1S/C12H15Cl2NO2/c1-12(2,7-13)15(3)11(17)9-5-4-8(14)6-10(9)16/h4-6,16H,7H2,1-3H3. The number of hydrogen-bond acceptors (Lipinski definition) is 2. The molecule has 0 aliphatic carbocycles. The second kappa shape index (κ2) is 5.15. The van der Waals surface area contributed by atoms with Crippen LogP contribution >= 0.6 is 23.2 Å². The summed E-state index contributed by atoms with van der Waals surface area (Å²) in [5.41, 5.74) is -0.264. The molecular formula is C12H15Cl2NO2. The molecule has 0 unspecified atom stereocenters. The number of nitrogens with zero attached hydrogens (tertiary/aromatic N) is 1. The summed E-state index contributed by atoms with van der Waals surface area (Å²) >= 11 is 11.5. The second-order valence-electron chi connectivity index (χ2n) is 4.47. The van der Waals surface area contributed by atoms with Gasteiger partial charge in [0, 0.05) is 18.0 Å². The van der Waals surface area contributed by atoms with E-state index in [1.807, 2.05) is 13.8 Å². The first-order chi connectivity index (χ1) is 7.79. The quantitative estimate of drug-likeness (QED) is 0.861. The van der Waals surface area contributed by atoms with Crippen molar-refractivity contribution in [2.75, 3.05) is 12.9 Å². The van der Waals surface area contributed by atoms with Crippen molar-refractivity contribution >= 4 is 29.1 Å². The third-order valence-electron chi connectivity index (χ3n) is 2.73. The van der Waals surface area contributed by atoms with Crippen molar-refractivity contribution in [2.24, 2.45) is 0 Å². The van der Waals surface area contributed by atoms with Gasteiger partial charge in [-0.3, -0.25) is 4.79 Å². The summed E-state index contributed by atoms with van der Waals surface area (Å²) in [6, 6.07) is 4.41. The van der Waals surface area contributed by atoms with Gasteiger partial charge in [-0.05, 0) is 32.0 Å². The van der Waals surface area contributed by atoms with Crippen molar-refractivity contribution in [3.8, 4) is 5.75 Å². The highest BCUT2D eigenvalue weighted by Crippen LogP contribution is 2.25. The Labute approximate surface area is 111 Å². The van der Waals surface area contributed by atoms with Crippen LogP contribution in [0.1, 0.15) is 24.2 Å². The van der Waals surface area contributed by atoms with Gasteiger partial charge in [0.25, 0.3) is 5.91 Å². The Hall–Kier alpha value is -0.930. The van der Waals surface area contributed by atoms with E-state index in [4.69, 9.17) is 23.2 Å². The van der Waals surface area contributed by atoms with Crippen LogP contribution in [-0.2, 0) is 0 Å². The minimum Gasteiger partial charge on any atom is -0.507 e. The molecule has 1 amide bonds. The van der Waals surface area contributed by atoms with Crippen molar-refractivity contribution in [1.29, 1.82) is 0 Å². The zero-order valence-electron chi connectivity index (χ0n) is 10.00. The van der Waals surface area contributed by atoms with E-state index in [9.17, 15) is 9.90 Å². The Bertz CT molecular complexity index is 433. The molecule has 0 radical (unpaired) electrons. The molecule has 94 valence electrons. The molecule has 0 spiro atoms. The lowest BCUT2D eigenvalue weighted by Crippen LogP contribution is -2.46. The Kier molecular flexibility index (Phi) is 4.28. The molecule has 0 fully saturated rings. The number of alkyl halides is 1. The Morgan fingerprint density at radius 1 is 1.47 bits per heavy atom. The van der Waals surface area contributed by atoms with Gasteiger partial charge in [-0.15, -0.1) is 11.6 Å². The fourth-order valence-electron chi connectivity index (χ4n) is 1.23. The molecule has 5 heteroatoms. The molecule has 0 atom stereocenters. The first-order valence-electron chi connectivity index (χ1n) is 5.12. The fourth-order valence-corrected chi connectivity index (χ4v) is 1.58. The van der Waals surface area contributed by atoms with Gasteiger partial charge in [-0.2, -0.15) is 0 Å². The molecule has 3 nitrogen and oxygen atoms in total. The number of hydrogen-bond donors (Lipinski definition) is 1. The van der Waals surface area contributed by atoms with Crippen LogP contribution in [0.25, 0.3) is 0 Å². The van der Waals surface area contributed by atoms with Gasteiger partial charge in [0.05, 0.1) is 11.1 Å². The lowest BCUT2D eigenvalue weighted by Gasteiger charge is -2.34. The summed E-state index contributed by atoms with van der Waals surface area (Å²) in [6.07, 6.45) is 0. The number of phenolic OH excluding ortho intramolecular Hbond substituents is 1. The molecule has 1 aromatic carbocycles. The highest BCUT2D eigenvalue weighted by atomic mass is 35.5. The predicted octanol–water partition coefficient (Wildman–Crippen LogP) is 3.14. The average molecular weight is 276 g/mol. The van der Waals surface area contributed by atoms with E-state index in [-0.39, 0.29) is 17.2 Å². The molecule has 1 aromatic rings. The second-order valence-corrected chi connectivity index (χ2v) is 5.18. The molecule has 0 saturated heterocycles. The van der Waals surface area contributed by atoms with E-state index in [1.54, 1.807) is 13.1 Å². The zero-order valence-corrected chi connectivity index (χ0v) is 11.5. The number of phenols is 1. The van der Waals surface area contributed by atoms with Crippen LogP contribution < -0.4 is 0 Å². The molecule has 0 bridgehead atoms. The summed E-state index contributed by atoms with van der Waals surface area (Å²) in [7, 11) is 1.65. The molecule has 0 aliphatic rings. The molecule has 1 rings (SSSR count). The minimum atomic E-state index is -0.481. The molecule has 0 aliphatic heterocycles. The highest BCUT2D eigenvalue weighted by molar-refractivity contribution is 6.30. The van der Waals surface area contributed by atoms with Gasteiger partial charge < -0.3 is 10.0 Å². The summed E-state index contributed by atoms with van der Waals surface area (Å²) in [5, 5.41) is 10.1. The van der Waals surface area contributed by atoms with Crippen LogP contribution in [0.2, 0.25) is 5.02 Å². The Morgan fingerprint density at radius 2 is 2.06 bits per heavy atom. The predicted molar refractivity (Wildman–Crippen MR) is 70.0 cm³/mol. The number of halogens is 2. The van der Waals surface area contributed by atoms with E-state index < -0.39 is 5.54 Å². The maximum atomic E-state index is 12.1. The first-order valence-corrected chi connectivity index (χ1v) is 6.03. The van der Waals surface area contributed by atoms with Crippen molar-refractivity contribution in [3.63, 3.8) is 0 Å². The zero-order chi connectivity index (χ0) is 13.2. The van der Waals surface area contributed by atoms with Gasteiger partial charge in [0.15, 0.2) is 0 Å². The number of carbonyl (C=O) groups excluding carboxylic acids is 1. The number of carbonyl (C=O) groups is 1. The lowest BCUT2D eigenvalue weighted by atomic mass is 10.0. The van der Waals surface area contributed by atoms with Crippen molar-refractivity contribution in [1.82, 2.24) is 4.90 Å². The molecule has 1 N–H and O–H groups in total. The highest BCUT2D eigenvalue weighted by Gasteiger charge is 2.28. The van der Waals surface area contributed by atoms with Gasteiger partial charge in [-0.1, -0.05) is 11.6 Å². The number of aromatic hydroxyl groups is 1. The number of benzene rings is 1. The molecule has 0 saturated carbocycles. The van der Waals surface area contributed by atoms with E-state index in [2.05, 4.69) is 0 Å². The van der Waals surface area contributed by atoms with E-state index >= 15 is 0 Å². The van der Waals surface area contributed by atoms with Crippen LogP contribution in [-0.4, -0.2) is 34.4 Å². The van der Waals surface area contributed by atoms with Crippen LogP contribution in [0.15, 0.2) is 18.2 Å². The van der Waals surface area contributed by atoms with Crippen LogP contribution in [0.5, 0.6) is 5.75 Å². The van der Waals surface area contributed by atoms with Gasteiger partial charge in [-0.25, -0.2) is 0 Å². The fraction of sp³-hybridized carbons (Fsp3) is 0.417. The maximum absolute atomic E-state index is 12.1. The van der Waals surface area contributed by atoms with Gasteiger partial charge in [0.1, 0.15) is 5.75 Å². The molecule has 0 heterocycles. The Morgan fingerprint density at radius 3 is 2.53 bits per heavy atom. The van der Waals surface area contributed by atoms with Crippen LogP contribution in [0.3, 0.4) is 0 Å². The number of rotatable bonds is 3. The Balaban J connectivity index is 3.05. The molecule has 0 aromatic heterocycles. The summed E-state index contributed by atoms with van der Waals surface area (Å²) in [6.45, 7) is 3.70. The topological polar surface area (TPSA) is 40.5 Å². The summed E-state index contributed by atoms with van der Waals surface area (Å²) in [4.78, 5) is 13.6. The van der Waals surface area contributed by atoms with E-state index in [0.717, 1.165) is 0 Å². The third kappa shape index (κ3) is 3.05. The van der Waals surface area contributed by atoms with Gasteiger partial charge >= 0.3 is 0 Å². The molecular weight excluding hydrogens is 261 g/mol. The van der Waals surface area contributed by atoms with Crippen LogP contribution in [0, 0.1) is 0 Å². The van der Waals surface area contributed by atoms with Crippen LogP contribution in [0.4, 0.5) is 0 Å². The van der Waals surface area contributed by atoms with E-state index in [1.165, 1.54) is 17.0 Å². The normalized spacial score (nSPS) is 11.4. The minimum absolute atomic E-state index is 0.125. The third-order valence-corrected chi connectivity index (χ3v) is 3.62. The summed E-state index contributed by atoms with van der Waals surface area (Å²) < 4.78 is 0. The maximum Gasteiger partial charge on any atom is 0.257 e.